The molecule has 0 aliphatic heterocycles. The lowest BCUT2D eigenvalue weighted by Crippen LogP contribution is -2.10. The van der Waals surface area contributed by atoms with Crippen molar-refractivity contribution in [2.45, 2.75) is 13.0 Å². The molecule has 0 fully saturated rings. The molecule has 0 saturated carbocycles. The van der Waals surface area contributed by atoms with Gasteiger partial charge in [-0.1, -0.05) is 48.5 Å². The molecule has 0 spiro atoms. The number of imidazole rings is 1. The maximum absolute atomic E-state index is 13.0. The Bertz CT molecular complexity index is 1250. The average molecular weight is 429 g/mol. The lowest BCUT2D eigenvalue weighted by molar-refractivity contribution is -0.136. The number of rotatable bonds is 8. The van der Waals surface area contributed by atoms with E-state index in [9.17, 15) is 4.79 Å². The predicted octanol–water partition coefficient (Wildman–Crippen LogP) is 3.59. The first-order valence-corrected chi connectivity index (χ1v) is 10.2. The SMILES string of the molecule is COc1ccccc1/C=C(/C(=O)OCCCn1cnc2c(N)ncnc21)c1ccccc1. The molecule has 8 nitrogen and oxygen atoms in total. The monoisotopic (exact) mass is 429 g/mol. The van der Waals surface area contributed by atoms with Crippen molar-refractivity contribution >= 4 is 34.6 Å². The van der Waals surface area contributed by atoms with Crippen LogP contribution in [-0.4, -0.2) is 39.2 Å². The van der Waals surface area contributed by atoms with Crippen molar-refractivity contribution in [3.8, 4) is 5.75 Å². The first-order valence-electron chi connectivity index (χ1n) is 10.2. The molecular weight excluding hydrogens is 406 g/mol. The van der Waals surface area contributed by atoms with Crippen LogP contribution in [0.4, 0.5) is 5.82 Å². The molecule has 0 amide bonds. The molecule has 0 unspecified atom stereocenters. The number of nitrogens with zero attached hydrogens (tertiary/aromatic N) is 4. The van der Waals surface area contributed by atoms with Crippen molar-refractivity contribution in [1.82, 2.24) is 19.5 Å². The number of carbonyl (C=O) groups is 1. The zero-order chi connectivity index (χ0) is 22.3. The van der Waals surface area contributed by atoms with Crippen LogP contribution in [0.15, 0.2) is 67.3 Å². The lowest BCUT2D eigenvalue weighted by atomic mass is 10.0. The molecule has 0 aliphatic rings. The molecule has 2 N–H and O–H groups in total. The molecule has 0 atom stereocenters. The zero-order valence-electron chi connectivity index (χ0n) is 17.6. The molecule has 0 aliphatic carbocycles. The van der Waals surface area contributed by atoms with E-state index < -0.39 is 5.97 Å². The highest BCUT2D eigenvalue weighted by Gasteiger charge is 2.15. The van der Waals surface area contributed by atoms with E-state index in [1.807, 2.05) is 59.2 Å². The second-order valence-corrected chi connectivity index (χ2v) is 7.02. The molecule has 0 radical (unpaired) electrons. The summed E-state index contributed by atoms with van der Waals surface area (Å²) in [6.45, 7) is 0.826. The molecular formula is C24H23N5O3. The van der Waals surface area contributed by atoms with Crippen molar-refractivity contribution in [2.75, 3.05) is 19.5 Å². The van der Waals surface area contributed by atoms with Crippen LogP contribution in [0.2, 0.25) is 0 Å². The highest BCUT2D eigenvalue weighted by molar-refractivity contribution is 6.21. The van der Waals surface area contributed by atoms with E-state index >= 15 is 0 Å². The van der Waals surface area contributed by atoms with Crippen molar-refractivity contribution < 1.29 is 14.3 Å². The van der Waals surface area contributed by atoms with E-state index in [0.29, 0.717) is 41.3 Å². The van der Waals surface area contributed by atoms with E-state index in [4.69, 9.17) is 15.2 Å². The standard InChI is InChI=1S/C24H23N5O3/c1-31-20-11-6-5-10-18(20)14-19(17-8-3-2-4-9-17)24(30)32-13-7-12-29-16-28-21-22(25)26-15-27-23(21)29/h2-6,8-11,14-16H,7,12-13H2,1H3,(H2,25,26,27)/b19-14+. The number of methoxy groups -OCH3 is 1. The third-order valence-corrected chi connectivity index (χ3v) is 4.95. The van der Waals surface area contributed by atoms with Crippen LogP contribution in [0.3, 0.4) is 0 Å². The summed E-state index contributed by atoms with van der Waals surface area (Å²) in [5, 5.41) is 0. The van der Waals surface area contributed by atoms with Crippen LogP contribution < -0.4 is 10.5 Å². The number of nitrogens with two attached hydrogens (primary N) is 1. The molecule has 0 bridgehead atoms. The van der Waals surface area contributed by atoms with E-state index in [0.717, 1.165) is 11.1 Å². The van der Waals surface area contributed by atoms with Gasteiger partial charge in [0.2, 0.25) is 0 Å². The molecule has 162 valence electrons. The molecule has 2 aromatic heterocycles. The molecule has 2 aromatic carbocycles. The second kappa shape index (κ2) is 9.74. The third-order valence-electron chi connectivity index (χ3n) is 4.95. The van der Waals surface area contributed by atoms with Gasteiger partial charge in [0.05, 0.1) is 25.6 Å². The van der Waals surface area contributed by atoms with Gasteiger partial charge < -0.3 is 19.8 Å². The number of nitrogen functional groups attached to an aromatic ring is 1. The number of hydrogen-bond acceptors (Lipinski definition) is 7. The van der Waals surface area contributed by atoms with Gasteiger partial charge >= 0.3 is 5.97 Å². The fraction of sp³-hybridized carbons (Fsp3) is 0.167. The van der Waals surface area contributed by atoms with Gasteiger partial charge in [0.15, 0.2) is 11.5 Å². The van der Waals surface area contributed by atoms with Crippen molar-refractivity contribution in [3.63, 3.8) is 0 Å². The Balaban J connectivity index is 1.47. The average Bonchev–Trinajstić information content (AvgIpc) is 3.25. The smallest absolute Gasteiger partial charge is 0.338 e. The number of anilines is 1. The summed E-state index contributed by atoms with van der Waals surface area (Å²) in [5.41, 5.74) is 9.08. The van der Waals surface area contributed by atoms with Gasteiger partial charge in [-0.15, -0.1) is 0 Å². The highest BCUT2D eigenvalue weighted by Crippen LogP contribution is 2.25. The third kappa shape index (κ3) is 4.59. The minimum absolute atomic E-state index is 0.245. The van der Waals surface area contributed by atoms with Gasteiger partial charge in [-0.05, 0) is 24.1 Å². The number of carbonyl (C=O) groups excluding carboxylic acids is 1. The molecule has 4 aromatic rings. The maximum Gasteiger partial charge on any atom is 0.338 e. The minimum Gasteiger partial charge on any atom is -0.496 e. The summed E-state index contributed by atoms with van der Waals surface area (Å²) < 4.78 is 12.9. The quantitative estimate of drug-likeness (QED) is 0.197. The predicted molar refractivity (Wildman–Crippen MR) is 123 cm³/mol. The Morgan fingerprint density at radius 1 is 1.06 bits per heavy atom. The lowest BCUT2D eigenvalue weighted by Gasteiger charge is -2.11. The number of fused-ring (bicyclic) bond motifs is 1. The Kier molecular flexibility index (Phi) is 6.41. The Morgan fingerprint density at radius 2 is 1.84 bits per heavy atom. The van der Waals surface area contributed by atoms with Crippen molar-refractivity contribution in [1.29, 1.82) is 0 Å². The van der Waals surface area contributed by atoms with Gasteiger partial charge in [-0.3, -0.25) is 0 Å². The van der Waals surface area contributed by atoms with Crippen LogP contribution >= 0.6 is 0 Å². The second-order valence-electron chi connectivity index (χ2n) is 7.02. The summed E-state index contributed by atoms with van der Waals surface area (Å²) in [5.74, 6) is 0.625. The highest BCUT2D eigenvalue weighted by atomic mass is 16.5. The van der Waals surface area contributed by atoms with Crippen molar-refractivity contribution in [3.05, 3.63) is 78.4 Å². The van der Waals surface area contributed by atoms with Crippen LogP contribution in [0.1, 0.15) is 17.5 Å². The van der Waals surface area contributed by atoms with E-state index in [2.05, 4.69) is 15.0 Å². The first kappa shape index (κ1) is 21.0. The minimum atomic E-state index is -0.399. The molecule has 0 saturated heterocycles. The van der Waals surface area contributed by atoms with Gasteiger partial charge in [0, 0.05) is 12.1 Å². The molecule has 32 heavy (non-hydrogen) atoms. The summed E-state index contributed by atoms with van der Waals surface area (Å²) in [4.78, 5) is 25.4. The van der Waals surface area contributed by atoms with Crippen LogP contribution in [0.25, 0.3) is 22.8 Å². The van der Waals surface area contributed by atoms with E-state index in [1.54, 1.807) is 19.5 Å². The first-order chi connectivity index (χ1) is 15.7. The van der Waals surface area contributed by atoms with Crippen LogP contribution in [0, 0.1) is 0 Å². The van der Waals surface area contributed by atoms with Gasteiger partial charge in [0.1, 0.15) is 17.6 Å². The number of aromatic nitrogens is 4. The number of benzene rings is 2. The number of esters is 1. The Hall–Kier alpha value is -4.20. The topological polar surface area (TPSA) is 105 Å². The number of para-hydroxylation sites is 1. The maximum atomic E-state index is 13.0. The molecule has 4 rings (SSSR count). The largest absolute Gasteiger partial charge is 0.496 e. The fourth-order valence-corrected chi connectivity index (χ4v) is 3.36. The molecule has 8 heteroatoms. The summed E-state index contributed by atoms with van der Waals surface area (Å²) in [6.07, 6.45) is 5.45. The van der Waals surface area contributed by atoms with E-state index in [1.165, 1.54) is 6.33 Å². The Labute approximate surface area is 185 Å². The van der Waals surface area contributed by atoms with Crippen LogP contribution in [0.5, 0.6) is 5.75 Å². The summed E-state index contributed by atoms with van der Waals surface area (Å²) in [6, 6.07) is 17.0. The fourth-order valence-electron chi connectivity index (χ4n) is 3.36. The van der Waals surface area contributed by atoms with Gasteiger partial charge in [-0.25, -0.2) is 19.7 Å². The number of hydrogen-bond donors (Lipinski definition) is 1. The summed E-state index contributed by atoms with van der Waals surface area (Å²) in [7, 11) is 1.60. The van der Waals surface area contributed by atoms with E-state index in [-0.39, 0.29) is 6.61 Å². The molecule has 2 heterocycles. The van der Waals surface area contributed by atoms with Gasteiger partial charge in [0.25, 0.3) is 0 Å². The van der Waals surface area contributed by atoms with Crippen LogP contribution in [-0.2, 0) is 16.1 Å². The Morgan fingerprint density at radius 3 is 2.66 bits per heavy atom. The van der Waals surface area contributed by atoms with Crippen molar-refractivity contribution in [2.24, 2.45) is 0 Å². The number of aryl methyl sites for hydroxylation is 1. The zero-order valence-corrected chi connectivity index (χ0v) is 17.6. The summed E-state index contributed by atoms with van der Waals surface area (Å²) >= 11 is 0. The van der Waals surface area contributed by atoms with Gasteiger partial charge in [-0.2, -0.15) is 0 Å². The normalized spacial score (nSPS) is 11.5. The number of ether oxygens (including phenoxy) is 2.